The van der Waals surface area contributed by atoms with Gasteiger partial charge in [0.1, 0.15) is 6.54 Å². The highest BCUT2D eigenvalue weighted by molar-refractivity contribution is 6.31. The summed E-state index contributed by atoms with van der Waals surface area (Å²) in [6, 6.07) is 4.91. The minimum Gasteiger partial charge on any atom is -0.372 e. The van der Waals surface area contributed by atoms with Gasteiger partial charge in [0.25, 0.3) is 5.56 Å². The minimum atomic E-state index is -0.241. The van der Waals surface area contributed by atoms with Crippen molar-refractivity contribution >= 4 is 28.4 Å². The third-order valence-corrected chi connectivity index (χ3v) is 4.10. The molecule has 1 amide bonds. The molecule has 1 aromatic heterocycles. The number of carbonyl (C=O) groups is 1. The fourth-order valence-corrected chi connectivity index (χ4v) is 3.04. The first-order valence-corrected chi connectivity index (χ1v) is 7.90. The molecule has 1 fully saturated rings. The van der Waals surface area contributed by atoms with Gasteiger partial charge in [0.05, 0.1) is 29.4 Å². The van der Waals surface area contributed by atoms with Crippen LogP contribution in [-0.4, -0.2) is 45.7 Å². The number of ether oxygens (including phenoxy) is 1. The standard InChI is InChI=1S/C16H18ClN3O3/c1-10-6-19(7-11(2)23-10)15(21)8-20-9-18-14-5-12(17)3-4-13(14)16(20)22/h3-5,9-11H,6-8H2,1-2H3. The molecule has 0 saturated carbocycles. The fraction of sp³-hybridized carbons (Fsp3) is 0.438. The summed E-state index contributed by atoms with van der Waals surface area (Å²) in [4.78, 5) is 30.9. The summed E-state index contributed by atoms with van der Waals surface area (Å²) in [5.74, 6) is -0.107. The Kier molecular flexibility index (Phi) is 4.37. The lowest BCUT2D eigenvalue weighted by molar-refractivity contribution is -0.143. The largest absolute Gasteiger partial charge is 0.372 e. The van der Waals surface area contributed by atoms with Crippen LogP contribution in [0.4, 0.5) is 0 Å². The van der Waals surface area contributed by atoms with Crippen LogP contribution in [0.1, 0.15) is 13.8 Å². The number of morpholine rings is 1. The van der Waals surface area contributed by atoms with Crippen molar-refractivity contribution < 1.29 is 9.53 Å². The van der Waals surface area contributed by atoms with E-state index in [0.717, 1.165) is 0 Å². The Morgan fingerprint density at radius 2 is 2.04 bits per heavy atom. The van der Waals surface area contributed by atoms with Crippen LogP contribution in [0.2, 0.25) is 5.02 Å². The minimum absolute atomic E-state index is 0.00343. The van der Waals surface area contributed by atoms with Crippen LogP contribution < -0.4 is 5.56 Å². The zero-order valence-corrected chi connectivity index (χ0v) is 13.8. The summed E-state index contributed by atoms with van der Waals surface area (Å²) in [6.07, 6.45) is 1.39. The number of carbonyl (C=O) groups excluding carboxylic acids is 1. The van der Waals surface area contributed by atoms with Crippen molar-refractivity contribution in [2.45, 2.75) is 32.6 Å². The van der Waals surface area contributed by atoms with Gasteiger partial charge in [0.2, 0.25) is 5.91 Å². The van der Waals surface area contributed by atoms with Crippen molar-refractivity contribution in [3.8, 4) is 0 Å². The SMILES string of the molecule is CC1CN(C(=O)Cn2cnc3cc(Cl)ccc3c2=O)CC(C)O1. The van der Waals surface area contributed by atoms with Crippen LogP contribution in [0.3, 0.4) is 0 Å². The maximum Gasteiger partial charge on any atom is 0.261 e. The first-order valence-electron chi connectivity index (χ1n) is 7.52. The molecule has 0 aliphatic carbocycles. The second-order valence-corrected chi connectivity index (χ2v) is 6.33. The van der Waals surface area contributed by atoms with Crippen LogP contribution in [-0.2, 0) is 16.1 Å². The topological polar surface area (TPSA) is 64.4 Å². The van der Waals surface area contributed by atoms with E-state index in [4.69, 9.17) is 16.3 Å². The summed E-state index contributed by atoms with van der Waals surface area (Å²) in [5, 5.41) is 0.975. The van der Waals surface area contributed by atoms with Crippen LogP contribution in [0.5, 0.6) is 0 Å². The average Bonchev–Trinajstić information content (AvgIpc) is 2.49. The number of nitrogens with zero attached hydrogens (tertiary/aromatic N) is 3. The third kappa shape index (κ3) is 3.38. The number of hydrogen-bond acceptors (Lipinski definition) is 4. The van der Waals surface area contributed by atoms with Gasteiger partial charge in [-0.2, -0.15) is 0 Å². The Balaban J connectivity index is 1.84. The summed E-state index contributed by atoms with van der Waals surface area (Å²) in [6.45, 7) is 4.92. The summed E-state index contributed by atoms with van der Waals surface area (Å²) < 4.78 is 6.96. The zero-order chi connectivity index (χ0) is 16.6. The Hall–Kier alpha value is -1.92. The van der Waals surface area contributed by atoms with Gasteiger partial charge in [-0.15, -0.1) is 0 Å². The highest BCUT2D eigenvalue weighted by atomic mass is 35.5. The smallest absolute Gasteiger partial charge is 0.261 e. The predicted octanol–water partition coefficient (Wildman–Crippen LogP) is 1.69. The van der Waals surface area contributed by atoms with E-state index in [1.807, 2.05) is 13.8 Å². The molecule has 2 heterocycles. The van der Waals surface area contributed by atoms with E-state index < -0.39 is 0 Å². The van der Waals surface area contributed by atoms with Crippen LogP contribution in [0, 0.1) is 0 Å². The second kappa shape index (κ2) is 6.29. The molecule has 3 rings (SSSR count). The number of benzene rings is 1. The molecule has 122 valence electrons. The van der Waals surface area contributed by atoms with Gasteiger partial charge >= 0.3 is 0 Å². The van der Waals surface area contributed by atoms with Crippen molar-refractivity contribution in [1.82, 2.24) is 14.5 Å². The number of rotatable bonds is 2. The van der Waals surface area contributed by atoms with E-state index in [0.29, 0.717) is 29.0 Å². The summed E-state index contributed by atoms with van der Waals surface area (Å²) in [7, 11) is 0. The lowest BCUT2D eigenvalue weighted by Gasteiger charge is -2.35. The first kappa shape index (κ1) is 16.0. The molecule has 6 nitrogen and oxygen atoms in total. The summed E-state index contributed by atoms with van der Waals surface area (Å²) in [5.41, 5.74) is 0.286. The van der Waals surface area contributed by atoms with E-state index in [9.17, 15) is 9.59 Å². The monoisotopic (exact) mass is 335 g/mol. The molecule has 0 bridgehead atoms. The van der Waals surface area contributed by atoms with E-state index in [2.05, 4.69) is 4.98 Å². The third-order valence-electron chi connectivity index (χ3n) is 3.87. The highest BCUT2D eigenvalue weighted by Crippen LogP contribution is 2.14. The molecule has 0 radical (unpaired) electrons. The number of amides is 1. The molecule has 2 unspecified atom stereocenters. The first-order chi connectivity index (χ1) is 10.9. The van der Waals surface area contributed by atoms with Crippen LogP contribution in [0.25, 0.3) is 10.9 Å². The second-order valence-electron chi connectivity index (χ2n) is 5.90. The molecule has 1 saturated heterocycles. The molecule has 1 aliphatic heterocycles. The lowest BCUT2D eigenvalue weighted by Crippen LogP contribution is -2.49. The molecular weight excluding hydrogens is 318 g/mol. The molecule has 23 heavy (non-hydrogen) atoms. The zero-order valence-electron chi connectivity index (χ0n) is 13.0. The molecule has 1 aliphatic rings. The predicted molar refractivity (Wildman–Crippen MR) is 87.6 cm³/mol. The van der Waals surface area contributed by atoms with Crippen molar-refractivity contribution in [2.24, 2.45) is 0 Å². The Morgan fingerprint density at radius 3 is 2.74 bits per heavy atom. The van der Waals surface area contributed by atoms with Crippen molar-refractivity contribution in [3.05, 3.63) is 39.9 Å². The molecule has 0 N–H and O–H groups in total. The summed E-state index contributed by atoms with van der Waals surface area (Å²) >= 11 is 5.90. The molecule has 7 heteroatoms. The quantitative estimate of drug-likeness (QED) is 0.837. The van der Waals surface area contributed by atoms with E-state index in [1.54, 1.807) is 23.1 Å². The van der Waals surface area contributed by atoms with Gasteiger partial charge < -0.3 is 9.64 Å². The van der Waals surface area contributed by atoms with E-state index >= 15 is 0 Å². The van der Waals surface area contributed by atoms with Gasteiger partial charge in [0.15, 0.2) is 0 Å². The number of aromatic nitrogens is 2. The van der Waals surface area contributed by atoms with Crippen molar-refractivity contribution in [2.75, 3.05) is 13.1 Å². The maximum atomic E-state index is 12.5. The highest BCUT2D eigenvalue weighted by Gasteiger charge is 2.26. The van der Waals surface area contributed by atoms with Crippen molar-refractivity contribution in [3.63, 3.8) is 0 Å². The average molecular weight is 336 g/mol. The number of fused-ring (bicyclic) bond motifs is 1. The van der Waals surface area contributed by atoms with E-state index in [1.165, 1.54) is 10.9 Å². The van der Waals surface area contributed by atoms with Gasteiger partial charge in [-0.25, -0.2) is 4.98 Å². The lowest BCUT2D eigenvalue weighted by atomic mass is 10.2. The van der Waals surface area contributed by atoms with Gasteiger partial charge in [0, 0.05) is 18.1 Å². The molecule has 1 aromatic carbocycles. The maximum absolute atomic E-state index is 12.5. The number of hydrogen-bond donors (Lipinski definition) is 0. The van der Waals surface area contributed by atoms with Crippen LogP contribution in [0.15, 0.2) is 29.3 Å². The Bertz CT molecular complexity index is 795. The molecule has 2 atom stereocenters. The van der Waals surface area contributed by atoms with Crippen molar-refractivity contribution in [1.29, 1.82) is 0 Å². The molecule has 0 spiro atoms. The number of halogens is 1. The molecule has 2 aromatic rings. The van der Waals surface area contributed by atoms with Gasteiger partial charge in [-0.05, 0) is 32.0 Å². The normalized spacial score (nSPS) is 21.6. The molecular formula is C16H18ClN3O3. The van der Waals surface area contributed by atoms with Gasteiger partial charge in [-0.1, -0.05) is 11.6 Å². The Labute approximate surface area is 138 Å². The van der Waals surface area contributed by atoms with Crippen LogP contribution >= 0.6 is 11.6 Å². The van der Waals surface area contributed by atoms with Gasteiger partial charge in [-0.3, -0.25) is 14.2 Å². The van der Waals surface area contributed by atoms with E-state index in [-0.39, 0.29) is 30.2 Å². The fourth-order valence-electron chi connectivity index (χ4n) is 2.87. The Morgan fingerprint density at radius 1 is 1.35 bits per heavy atom.